The van der Waals surface area contributed by atoms with Crippen LogP contribution < -0.4 is 4.90 Å². The van der Waals surface area contributed by atoms with E-state index in [9.17, 15) is 0 Å². The SMILES string of the molecule is Clc1cc(N2CCOC[C@@H]3CCC[C@@H]32)ncn1. The van der Waals surface area contributed by atoms with Crippen molar-refractivity contribution in [1.82, 2.24) is 9.97 Å². The molecule has 1 saturated heterocycles. The molecule has 2 aliphatic rings. The number of fused-ring (bicyclic) bond motifs is 1. The molecule has 1 saturated carbocycles. The van der Waals surface area contributed by atoms with Crippen LogP contribution in [-0.2, 0) is 4.74 Å². The van der Waals surface area contributed by atoms with E-state index in [-0.39, 0.29) is 0 Å². The van der Waals surface area contributed by atoms with Gasteiger partial charge in [-0.15, -0.1) is 0 Å². The van der Waals surface area contributed by atoms with Crippen LogP contribution in [-0.4, -0.2) is 35.8 Å². The summed E-state index contributed by atoms with van der Waals surface area (Å²) in [5.74, 6) is 1.58. The smallest absolute Gasteiger partial charge is 0.134 e. The van der Waals surface area contributed by atoms with Crippen LogP contribution in [0, 0.1) is 5.92 Å². The second-order valence-corrected chi connectivity index (χ2v) is 5.11. The van der Waals surface area contributed by atoms with Crippen molar-refractivity contribution < 1.29 is 4.74 Å². The first-order chi connectivity index (χ1) is 8.34. The zero-order chi connectivity index (χ0) is 11.7. The highest BCUT2D eigenvalue weighted by atomic mass is 35.5. The van der Waals surface area contributed by atoms with Gasteiger partial charge in [0.1, 0.15) is 17.3 Å². The van der Waals surface area contributed by atoms with Gasteiger partial charge in [-0.25, -0.2) is 9.97 Å². The van der Waals surface area contributed by atoms with E-state index in [1.165, 1.54) is 25.6 Å². The van der Waals surface area contributed by atoms with E-state index in [4.69, 9.17) is 16.3 Å². The van der Waals surface area contributed by atoms with Crippen LogP contribution in [0.25, 0.3) is 0 Å². The topological polar surface area (TPSA) is 38.2 Å². The third-order valence-electron chi connectivity index (χ3n) is 3.74. The van der Waals surface area contributed by atoms with Gasteiger partial charge < -0.3 is 9.64 Å². The third kappa shape index (κ3) is 2.24. The van der Waals surface area contributed by atoms with Crippen molar-refractivity contribution in [3.05, 3.63) is 17.5 Å². The summed E-state index contributed by atoms with van der Waals surface area (Å²) in [7, 11) is 0. The predicted molar refractivity (Wildman–Crippen MR) is 66.3 cm³/mol. The monoisotopic (exact) mass is 253 g/mol. The Hall–Kier alpha value is -0.870. The number of nitrogens with zero attached hydrogens (tertiary/aromatic N) is 3. The molecule has 0 amide bonds. The predicted octanol–water partition coefficient (Wildman–Crippen LogP) is 2.14. The fraction of sp³-hybridized carbons (Fsp3) is 0.667. The molecular weight excluding hydrogens is 238 g/mol. The molecule has 4 nitrogen and oxygen atoms in total. The summed E-state index contributed by atoms with van der Waals surface area (Å²) in [5.41, 5.74) is 0. The maximum atomic E-state index is 5.94. The average molecular weight is 254 g/mol. The molecule has 0 spiro atoms. The Morgan fingerprint density at radius 2 is 2.29 bits per heavy atom. The van der Waals surface area contributed by atoms with Crippen molar-refractivity contribution in [3.8, 4) is 0 Å². The van der Waals surface area contributed by atoms with Crippen molar-refractivity contribution in [1.29, 1.82) is 0 Å². The Labute approximate surface area is 106 Å². The maximum absolute atomic E-state index is 5.94. The Kier molecular flexibility index (Phi) is 3.16. The van der Waals surface area contributed by atoms with E-state index in [1.54, 1.807) is 0 Å². The highest BCUT2D eigenvalue weighted by molar-refractivity contribution is 6.29. The van der Waals surface area contributed by atoms with Gasteiger partial charge in [0.05, 0.1) is 13.2 Å². The third-order valence-corrected chi connectivity index (χ3v) is 3.95. The largest absolute Gasteiger partial charge is 0.379 e. The summed E-state index contributed by atoms with van der Waals surface area (Å²) >= 11 is 5.94. The van der Waals surface area contributed by atoms with E-state index in [2.05, 4.69) is 14.9 Å². The van der Waals surface area contributed by atoms with E-state index in [1.807, 2.05) is 6.07 Å². The Morgan fingerprint density at radius 3 is 3.18 bits per heavy atom. The molecule has 1 aromatic heterocycles. The molecule has 0 bridgehead atoms. The molecular formula is C12H16ClN3O. The molecule has 17 heavy (non-hydrogen) atoms. The van der Waals surface area contributed by atoms with Gasteiger partial charge in [0.25, 0.3) is 0 Å². The van der Waals surface area contributed by atoms with Crippen molar-refractivity contribution >= 4 is 17.4 Å². The molecule has 2 heterocycles. The minimum Gasteiger partial charge on any atom is -0.379 e. The van der Waals surface area contributed by atoms with Crippen LogP contribution >= 0.6 is 11.6 Å². The molecule has 1 aliphatic heterocycles. The van der Waals surface area contributed by atoms with Gasteiger partial charge >= 0.3 is 0 Å². The summed E-state index contributed by atoms with van der Waals surface area (Å²) < 4.78 is 5.67. The number of halogens is 1. The minimum absolute atomic E-state index is 0.509. The van der Waals surface area contributed by atoms with Crippen molar-refractivity contribution in [2.24, 2.45) is 5.92 Å². The number of hydrogen-bond acceptors (Lipinski definition) is 4. The lowest BCUT2D eigenvalue weighted by Crippen LogP contribution is -2.38. The normalized spacial score (nSPS) is 28.9. The van der Waals surface area contributed by atoms with E-state index < -0.39 is 0 Å². The lowest BCUT2D eigenvalue weighted by Gasteiger charge is -2.30. The molecule has 0 N–H and O–H groups in total. The summed E-state index contributed by atoms with van der Waals surface area (Å²) in [5, 5.41) is 0.509. The van der Waals surface area contributed by atoms with Crippen molar-refractivity contribution in [3.63, 3.8) is 0 Å². The lowest BCUT2D eigenvalue weighted by atomic mass is 10.0. The Balaban J connectivity index is 1.89. The molecule has 2 atom stereocenters. The lowest BCUT2D eigenvalue weighted by molar-refractivity contribution is 0.121. The van der Waals surface area contributed by atoms with Crippen LogP contribution in [0.3, 0.4) is 0 Å². The fourth-order valence-electron chi connectivity index (χ4n) is 2.95. The van der Waals surface area contributed by atoms with E-state index in [0.29, 0.717) is 17.1 Å². The quantitative estimate of drug-likeness (QED) is 0.719. The zero-order valence-corrected chi connectivity index (χ0v) is 10.4. The zero-order valence-electron chi connectivity index (χ0n) is 9.68. The van der Waals surface area contributed by atoms with E-state index >= 15 is 0 Å². The number of rotatable bonds is 1. The number of anilines is 1. The number of aromatic nitrogens is 2. The average Bonchev–Trinajstić information content (AvgIpc) is 2.69. The molecule has 0 radical (unpaired) electrons. The van der Waals surface area contributed by atoms with Crippen LogP contribution in [0.2, 0.25) is 5.15 Å². The highest BCUT2D eigenvalue weighted by Gasteiger charge is 2.34. The molecule has 92 valence electrons. The summed E-state index contributed by atoms with van der Waals surface area (Å²) in [6, 6.07) is 2.41. The van der Waals surface area contributed by atoms with Gasteiger partial charge in [-0.1, -0.05) is 18.0 Å². The standard InChI is InChI=1S/C12H16ClN3O/c13-11-6-12(15-8-14-11)16-4-5-17-7-9-2-1-3-10(9)16/h6,8-10H,1-5,7H2/t9-,10-/m0/s1. The van der Waals surface area contributed by atoms with Crippen LogP contribution in [0.1, 0.15) is 19.3 Å². The highest BCUT2D eigenvalue weighted by Crippen LogP contribution is 2.34. The van der Waals surface area contributed by atoms with Gasteiger partial charge in [0, 0.05) is 24.6 Å². The van der Waals surface area contributed by atoms with E-state index in [0.717, 1.165) is 25.6 Å². The second-order valence-electron chi connectivity index (χ2n) is 4.73. The molecule has 1 aliphatic carbocycles. The van der Waals surface area contributed by atoms with Crippen LogP contribution in [0.15, 0.2) is 12.4 Å². The Bertz CT molecular complexity index is 401. The van der Waals surface area contributed by atoms with Crippen LogP contribution in [0.5, 0.6) is 0 Å². The van der Waals surface area contributed by atoms with Crippen molar-refractivity contribution in [2.45, 2.75) is 25.3 Å². The Morgan fingerprint density at radius 1 is 1.35 bits per heavy atom. The first-order valence-electron chi connectivity index (χ1n) is 6.16. The molecule has 2 fully saturated rings. The maximum Gasteiger partial charge on any atom is 0.134 e. The number of hydrogen-bond donors (Lipinski definition) is 0. The molecule has 5 heteroatoms. The van der Waals surface area contributed by atoms with Crippen molar-refractivity contribution in [2.75, 3.05) is 24.7 Å². The fourth-order valence-corrected chi connectivity index (χ4v) is 3.09. The molecule has 3 rings (SSSR count). The van der Waals surface area contributed by atoms with Crippen LogP contribution in [0.4, 0.5) is 5.82 Å². The molecule has 0 unspecified atom stereocenters. The van der Waals surface area contributed by atoms with Gasteiger partial charge in [-0.3, -0.25) is 0 Å². The summed E-state index contributed by atoms with van der Waals surface area (Å²) in [4.78, 5) is 10.6. The first kappa shape index (κ1) is 11.2. The molecule has 1 aromatic rings. The summed E-state index contributed by atoms with van der Waals surface area (Å²) in [6.45, 7) is 2.56. The van der Waals surface area contributed by atoms with Gasteiger partial charge in [0.15, 0.2) is 0 Å². The van der Waals surface area contributed by atoms with Gasteiger partial charge in [-0.2, -0.15) is 0 Å². The molecule has 0 aromatic carbocycles. The van der Waals surface area contributed by atoms with Gasteiger partial charge in [0.2, 0.25) is 0 Å². The second kappa shape index (κ2) is 4.78. The number of ether oxygens (including phenoxy) is 1. The first-order valence-corrected chi connectivity index (χ1v) is 6.54. The summed E-state index contributed by atoms with van der Waals surface area (Å²) in [6.07, 6.45) is 5.32. The minimum atomic E-state index is 0.509. The van der Waals surface area contributed by atoms with Gasteiger partial charge in [-0.05, 0) is 12.8 Å².